The highest BCUT2D eigenvalue weighted by molar-refractivity contribution is 7.95. The number of rotatable bonds is 5. The molecular weight excluding hydrogens is 283 g/mol. The van der Waals surface area contributed by atoms with Crippen molar-refractivity contribution in [1.29, 1.82) is 0 Å². The molecule has 0 saturated heterocycles. The first-order valence-electron chi connectivity index (χ1n) is 9.82. The van der Waals surface area contributed by atoms with Crippen LogP contribution in [0.25, 0.3) is 0 Å². The SMILES string of the molecule is [2H]C([2H])([2H])C([2H])([2H])C[P+](c1ccccc1)(c1ccccc1)c1ccccc1. The molecule has 0 unspecified atom stereocenters. The smallest absolute Gasteiger partial charge is 0.0620 e. The van der Waals surface area contributed by atoms with Crippen LogP contribution in [0.2, 0.25) is 0 Å². The molecule has 0 radical (unpaired) electrons. The van der Waals surface area contributed by atoms with E-state index in [1.165, 1.54) is 0 Å². The summed E-state index contributed by atoms with van der Waals surface area (Å²) in [6.45, 7) is -2.70. The van der Waals surface area contributed by atoms with Gasteiger partial charge in [0.1, 0.15) is 23.2 Å². The van der Waals surface area contributed by atoms with Gasteiger partial charge in [0, 0.05) is 6.85 Å². The van der Waals surface area contributed by atoms with Gasteiger partial charge >= 0.3 is 0 Å². The van der Waals surface area contributed by atoms with E-state index in [-0.39, 0.29) is 6.16 Å². The molecule has 0 aliphatic heterocycles. The van der Waals surface area contributed by atoms with Crippen LogP contribution in [-0.4, -0.2) is 6.16 Å². The Hall–Kier alpha value is -1.91. The van der Waals surface area contributed by atoms with E-state index in [2.05, 4.69) is 0 Å². The van der Waals surface area contributed by atoms with Crippen LogP contribution in [-0.2, 0) is 0 Å². The standard InChI is InChI=1S/C21H22P/c1-2-18-22(19-12-6-3-7-13-19,20-14-8-4-9-15-20)21-16-10-5-11-17-21/h3-17H,2,18H2,1H3/q+1/i1D3,2D2. The van der Waals surface area contributed by atoms with Gasteiger partial charge in [0.05, 0.1) is 6.16 Å². The van der Waals surface area contributed by atoms with Crippen molar-refractivity contribution < 1.29 is 6.85 Å². The molecule has 22 heavy (non-hydrogen) atoms. The molecule has 0 aliphatic rings. The van der Waals surface area contributed by atoms with E-state index in [0.29, 0.717) is 0 Å². The van der Waals surface area contributed by atoms with Crippen LogP contribution < -0.4 is 15.9 Å². The third-order valence-corrected chi connectivity index (χ3v) is 8.08. The van der Waals surface area contributed by atoms with Crippen LogP contribution in [0.15, 0.2) is 91.0 Å². The normalized spacial score (nSPS) is 15.9. The summed E-state index contributed by atoms with van der Waals surface area (Å²) in [7, 11) is -2.51. The molecule has 0 amide bonds. The second-order valence-corrected chi connectivity index (χ2v) is 8.64. The van der Waals surface area contributed by atoms with E-state index >= 15 is 0 Å². The van der Waals surface area contributed by atoms with Crippen LogP contribution in [0, 0.1) is 0 Å². The highest BCUT2D eigenvalue weighted by Crippen LogP contribution is 2.55. The largest absolute Gasteiger partial charge is 0.112 e. The second kappa shape index (κ2) is 6.90. The van der Waals surface area contributed by atoms with Gasteiger partial charge in [-0.3, -0.25) is 0 Å². The first-order chi connectivity index (χ1) is 12.8. The summed E-state index contributed by atoms with van der Waals surface area (Å²) in [5.41, 5.74) is 0. The van der Waals surface area contributed by atoms with Crippen molar-refractivity contribution in [2.24, 2.45) is 0 Å². The topological polar surface area (TPSA) is 0 Å². The molecule has 0 fully saturated rings. The summed E-state index contributed by atoms with van der Waals surface area (Å²) in [5.74, 6) is 0. The van der Waals surface area contributed by atoms with Crippen LogP contribution in [0.3, 0.4) is 0 Å². The average Bonchev–Trinajstić information content (AvgIpc) is 2.67. The predicted octanol–water partition coefficient (Wildman–Crippen LogP) is 4.39. The zero-order valence-electron chi connectivity index (χ0n) is 17.3. The third kappa shape index (κ3) is 2.72. The van der Waals surface area contributed by atoms with Crippen molar-refractivity contribution in [2.75, 3.05) is 6.16 Å². The molecule has 0 N–H and O–H groups in total. The first-order valence-corrected chi connectivity index (χ1v) is 9.30. The lowest BCUT2D eigenvalue weighted by molar-refractivity contribution is 1.10. The van der Waals surface area contributed by atoms with Gasteiger partial charge in [-0.1, -0.05) is 61.4 Å². The molecule has 1 heteroatoms. The van der Waals surface area contributed by atoms with Crippen LogP contribution in [0.4, 0.5) is 0 Å². The summed E-state index contributed by atoms with van der Waals surface area (Å²) >= 11 is 0. The highest BCUT2D eigenvalue weighted by Gasteiger charge is 2.43. The Balaban J connectivity index is 2.33. The molecule has 0 aliphatic carbocycles. The fraction of sp³-hybridized carbons (Fsp3) is 0.143. The monoisotopic (exact) mass is 310 g/mol. The third-order valence-electron chi connectivity index (χ3n) is 3.91. The minimum atomic E-state index is -2.70. The maximum absolute atomic E-state index is 8.41. The van der Waals surface area contributed by atoms with E-state index in [4.69, 9.17) is 6.85 Å². The van der Waals surface area contributed by atoms with Gasteiger partial charge in [-0.05, 0) is 42.8 Å². The van der Waals surface area contributed by atoms with E-state index < -0.39 is 20.5 Å². The minimum Gasteiger partial charge on any atom is -0.0620 e. The van der Waals surface area contributed by atoms with Gasteiger partial charge < -0.3 is 0 Å². The van der Waals surface area contributed by atoms with E-state index in [9.17, 15) is 0 Å². The lowest BCUT2D eigenvalue weighted by Crippen LogP contribution is -2.33. The van der Waals surface area contributed by atoms with Crippen molar-refractivity contribution in [3.63, 3.8) is 0 Å². The first kappa shape index (κ1) is 9.98. The lowest BCUT2D eigenvalue weighted by atomic mass is 10.4. The molecule has 3 rings (SSSR count). The number of benzene rings is 3. The Morgan fingerprint density at radius 3 is 1.36 bits per heavy atom. The summed E-state index contributed by atoms with van der Waals surface area (Å²) in [4.78, 5) is 0. The maximum Gasteiger partial charge on any atom is 0.112 e. The Labute approximate surface area is 141 Å². The molecule has 110 valence electrons. The van der Waals surface area contributed by atoms with Gasteiger partial charge in [-0.15, -0.1) is 0 Å². The molecule has 0 nitrogen and oxygen atoms in total. The zero-order chi connectivity index (χ0) is 19.5. The highest BCUT2D eigenvalue weighted by atomic mass is 31.2. The molecule has 0 atom stereocenters. The van der Waals surface area contributed by atoms with Crippen molar-refractivity contribution in [2.45, 2.75) is 13.2 Å². The van der Waals surface area contributed by atoms with Crippen molar-refractivity contribution >= 4 is 23.2 Å². The fourth-order valence-electron chi connectivity index (χ4n) is 2.89. The minimum absolute atomic E-state index is 0.0749. The fourth-order valence-corrected chi connectivity index (χ4v) is 6.61. The van der Waals surface area contributed by atoms with Crippen LogP contribution >= 0.6 is 7.26 Å². The van der Waals surface area contributed by atoms with Gasteiger partial charge in [0.25, 0.3) is 0 Å². The Bertz CT molecular complexity index is 765. The van der Waals surface area contributed by atoms with Crippen molar-refractivity contribution in [3.05, 3.63) is 91.0 Å². The van der Waals surface area contributed by atoms with Crippen molar-refractivity contribution in [1.82, 2.24) is 0 Å². The van der Waals surface area contributed by atoms with Gasteiger partial charge in [-0.25, -0.2) is 0 Å². The molecular formula is C21H22P+. The molecule has 3 aromatic rings. The molecule has 0 bridgehead atoms. The molecule has 0 aromatic heterocycles. The number of hydrogen-bond acceptors (Lipinski definition) is 0. The maximum atomic E-state index is 8.41. The summed E-state index contributed by atoms with van der Waals surface area (Å²) in [6, 6.07) is 29.3. The molecule has 3 aromatic carbocycles. The number of hydrogen-bond donors (Lipinski definition) is 0. The molecule has 0 heterocycles. The Morgan fingerprint density at radius 1 is 0.682 bits per heavy atom. The molecule has 0 saturated carbocycles. The predicted molar refractivity (Wildman–Crippen MR) is 100 cm³/mol. The summed E-state index contributed by atoms with van der Waals surface area (Å²) in [5, 5.41) is 2.95. The van der Waals surface area contributed by atoms with Crippen LogP contribution in [0.1, 0.15) is 20.1 Å². The van der Waals surface area contributed by atoms with Crippen molar-refractivity contribution in [3.8, 4) is 0 Å². The van der Waals surface area contributed by atoms with Crippen LogP contribution in [0.5, 0.6) is 0 Å². The summed E-state index contributed by atoms with van der Waals surface area (Å²) < 4.78 is 40.2. The summed E-state index contributed by atoms with van der Waals surface area (Å²) in [6.07, 6.45) is -2.39. The zero-order valence-corrected chi connectivity index (χ0v) is 13.2. The Morgan fingerprint density at radius 2 is 1.05 bits per heavy atom. The van der Waals surface area contributed by atoms with E-state index in [1.54, 1.807) is 0 Å². The lowest BCUT2D eigenvalue weighted by Gasteiger charge is -2.27. The average molecular weight is 310 g/mol. The van der Waals surface area contributed by atoms with Gasteiger partial charge in [-0.2, -0.15) is 0 Å². The van der Waals surface area contributed by atoms with Gasteiger partial charge in [0.15, 0.2) is 0 Å². The van der Waals surface area contributed by atoms with E-state index in [1.807, 2.05) is 91.0 Å². The molecule has 0 spiro atoms. The van der Waals surface area contributed by atoms with Gasteiger partial charge in [0.2, 0.25) is 0 Å². The van der Waals surface area contributed by atoms with E-state index in [0.717, 1.165) is 15.9 Å². The Kier molecular flexibility index (Phi) is 3.13. The second-order valence-electron chi connectivity index (χ2n) is 5.15. The quantitative estimate of drug-likeness (QED) is 0.613.